The van der Waals surface area contributed by atoms with Gasteiger partial charge in [0.1, 0.15) is 11.5 Å². The lowest BCUT2D eigenvalue weighted by molar-refractivity contribution is 0.0303. The summed E-state index contributed by atoms with van der Waals surface area (Å²) in [7, 11) is 0. The number of amides is 3. The van der Waals surface area contributed by atoms with Gasteiger partial charge in [-0.3, -0.25) is 19.2 Å². The molecule has 3 amide bonds. The van der Waals surface area contributed by atoms with Gasteiger partial charge in [0.15, 0.2) is 11.4 Å². The van der Waals surface area contributed by atoms with Crippen LogP contribution in [0.5, 0.6) is 0 Å². The first-order chi connectivity index (χ1) is 28.6. The van der Waals surface area contributed by atoms with Crippen LogP contribution in [0.4, 0.5) is 5.82 Å². The molecule has 4 aromatic carbocycles. The van der Waals surface area contributed by atoms with Crippen LogP contribution in [0, 0.1) is 32.6 Å². The molecule has 0 atom stereocenters. The zero-order valence-electron chi connectivity index (χ0n) is 32.7. The second-order valence-electron chi connectivity index (χ2n) is 14.3. The second kappa shape index (κ2) is 16.5. The number of nitrogens with zero attached hydrogens (tertiary/aromatic N) is 6. The number of pyridine rings is 1. The van der Waals surface area contributed by atoms with Crippen LogP contribution in [0.3, 0.4) is 0 Å². The number of aryl methyl sites for hydroxylation is 2. The van der Waals surface area contributed by atoms with E-state index >= 15 is 0 Å². The zero-order chi connectivity index (χ0) is 41.0. The molecule has 1 aliphatic rings. The van der Waals surface area contributed by atoms with Crippen molar-refractivity contribution in [1.82, 2.24) is 24.5 Å². The number of benzene rings is 4. The van der Waals surface area contributed by atoms with E-state index < -0.39 is 11.8 Å². The molecule has 3 aromatic heterocycles. The van der Waals surface area contributed by atoms with Gasteiger partial charge < -0.3 is 9.64 Å². The molecule has 11 heteroatoms. The zero-order valence-corrected chi connectivity index (χ0v) is 32.7. The van der Waals surface area contributed by atoms with Crippen molar-refractivity contribution in [3.05, 3.63) is 183 Å². The van der Waals surface area contributed by atoms with Gasteiger partial charge in [0, 0.05) is 58.2 Å². The standard InChI is InChI=1S/C48H38N6O5/c1-31-7-4-9-37(27-31)45(55)40-11-6-12-41(33(40)3)48(58)53(47(57)38-10-5-8-32(2)28-38)44-29-34(21-22-49-44)13-18-39-30-50-43-20-19-42(51-54(39)43)35-14-16-36(17-15-35)46(56)52-23-25-59-26-24-52/h4-12,14-17,19-22,27-30H,23-26H2,1-3H3. The van der Waals surface area contributed by atoms with Crippen molar-refractivity contribution in [2.24, 2.45) is 0 Å². The molecule has 0 aliphatic carbocycles. The molecule has 1 fully saturated rings. The normalized spacial score (nSPS) is 12.4. The predicted octanol–water partition coefficient (Wildman–Crippen LogP) is 7.31. The Morgan fingerprint density at radius 1 is 0.678 bits per heavy atom. The number of morpholine rings is 1. The Balaban J connectivity index is 1.11. The van der Waals surface area contributed by atoms with Gasteiger partial charge >= 0.3 is 0 Å². The Bertz CT molecular complexity index is 2850. The Labute approximate surface area is 340 Å². The van der Waals surface area contributed by atoms with Crippen LogP contribution < -0.4 is 4.90 Å². The Hall–Kier alpha value is -7.55. The number of carbonyl (C=O) groups excluding carboxylic acids is 4. The number of imidazole rings is 1. The summed E-state index contributed by atoms with van der Waals surface area (Å²) in [6.45, 7) is 7.69. The van der Waals surface area contributed by atoms with E-state index in [1.54, 1.807) is 95.3 Å². The first kappa shape index (κ1) is 38.3. The van der Waals surface area contributed by atoms with Crippen molar-refractivity contribution in [2.75, 3.05) is 31.2 Å². The molecule has 11 nitrogen and oxygen atoms in total. The topological polar surface area (TPSA) is 127 Å². The quantitative estimate of drug-likeness (QED) is 0.0938. The molecule has 59 heavy (non-hydrogen) atoms. The molecule has 0 bridgehead atoms. The molecule has 1 saturated heterocycles. The number of rotatable bonds is 7. The van der Waals surface area contributed by atoms with Gasteiger partial charge in [0.05, 0.1) is 25.1 Å². The highest BCUT2D eigenvalue weighted by Crippen LogP contribution is 2.25. The molecule has 0 spiro atoms. The summed E-state index contributed by atoms with van der Waals surface area (Å²) in [5, 5.41) is 4.81. The van der Waals surface area contributed by atoms with E-state index in [9.17, 15) is 19.2 Å². The third-order valence-electron chi connectivity index (χ3n) is 10.2. The van der Waals surface area contributed by atoms with Gasteiger partial charge in [-0.25, -0.2) is 19.4 Å². The maximum atomic E-state index is 14.6. The average Bonchev–Trinajstić information content (AvgIpc) is 3.68. The predicted molar refractivity (Wildman–Crippen MR) is 223 cm³/mol. The first-order valence-corrected chi connectivity index (χ1v) is 19.1. The number of hydrogen-bond donors (Lipinski definition) is 0. The molecule has 4 heterocycles. The Morgan fingerprint density at radius 2 is 1.37 bits per heavy atom. The molecule has 0 unspecified atom stereocenters. The van der Waals surface area contributed by atoms with Crippen molar-refractivity contribution in [3.8, 4) is 23.1 Å². The molecular formula is C48H38N6O5. The van der Waals surface area contributed by atoms with E-state index in [1.807, 2.05) is 56.3 Å². The third-order valence-corrected chi connectivity index (χ3v) is 10.2. The third kappa shape index (κ3) is 8.03. The average molecular weight is 779 g/mol. The van der Waals surface area contributed by atoms with Crippen molar-refractivity contribution >= 4 is 35.0 Å². The summed E-state index contributed by atoms with van der Waals surface area (Å²) in [6.07, 6.45) is 3.11. The first-order valence-electron chi connectivity index (χ1n) is 19.1. The highest BCUT2D eigenvalue weighted by molar-refractivity contribution is 6.26. The summed E-state index contributed by atoms with van der Waals surface area (Å²) in [6, 6.07) is 33.5. The van der Waals surface area contributed by atoms with Crippen LogP contribution in [0.15, 0.2) is 128 Å². The summed E-state index contributed by atoms with van der Waals surface area (Å²) in [5.74, 6) is 4.87. The molecule has 8 rings (SSSR count). The van der Waals surface area contributed by atoms with Gasteiger partial charge in [-0.2, -0.15) is 5.10 Å². The van der Waals surface area contributed by atoms with Crippen LogP contribution in [0.1, 0.15) is 74.9 Å². The van der Waals surface area contributed by atoms with E-state index in [0.717, 1.165) is 21.6 Å². The lowest BCUT2D eigenvalue weighted by Crippen LogP contribution is -2.40. The summed E-state index contributed by atoms with van der Waals surface area (Å²) >= 11 is 0. The molecular weight excluding hydrogens is 741 g/mol. The molecule has 290 valence electrons. The van der Waals surface area contributed by atoms with E-state index in [-0.39, 0.29) is 23.1 Å². The van der Waals surface area contributed by atoms with Crippen molar-refractivity contribution in [3.63, 3.8) is 0 Å². The largest absolute Gasteiger partial charge is 0.378 e. The van der Waals surface area contributed by atoms with E-state index in [4.69, 9.17) is 9.84 Å². The van der Waals surface area contributed by atoms with Gasteiger partial charge in [-0.05, 0) is 92.9 Å². The minimum atomic E-state index is -0.637. The highest BCUT2D eigenvalue weighted by atomic mass is 16.5. The fraction of sp³-hybridized carbons (Fsp3) is 0.146. The van der Waals surface area contributed by atoms with Crippen LogP contribution in [0.25, 0.3) is 16.9 Å². The van der Waals surface area contributed by atoms with E-state index in [0.29, 0.717) is 76.7 Å². The smallest absolute Gasteiger partial charge is 0.266 e. The number of ether oxygens (including phenoxy) is 1. The SMILES string of the molecule is Cc1cccc(C(=O)c2cccc(C(=O)N(C(=O)c3cccc(C)c3)c3cc(C#Cc4cnc5ccc(-c6ccc(C(=O)N7CCOCC7)cc6)nn45)ccn3)c2C)c1. The number of hydrogen-bond acceptors (Lipinski definition) is 8. The molecule has 7 aromatic rings. The summed E-state index contributed by atoms with van der Waals surface area (Å²) in [4.78, 5) is 67.3. The lowest BCUT2D eigenvalue weighted by Gasteiger charge is -2.26. The maximum Gasteiger partial charge on any atom is 0.266 e. The fourth-order valence-corrected chi connectivity index (χ4v) is 6.98. The monoisotopic (exact) mass is 778 g/mol. The number of carbonyl (C=O) groups is 4. The van der Waals surface area contributed by atoms with E-state index in [2.05, 4.69) is 21.8 Å². The molecule has 0 saturated carbocycles. The number of imide groups is 1. The number of fused-ring (bicyclic) bond motifs is 1. The number of anilines is 1. The number of aromatic nitrogens is 4. The molecule has 0 radical (unpaired) electrons. The molecule has 1 aliphatic heterocycles. The minimum Gasteiger partial charge on any atom is -0.378 e. The summed E-state index contributed by atoms with van der Waals surface area (Å²) in [5.41, 5.74) is 7.24. The fourth-order valence-electron chi connectivity index (χ4n) is 6.98. The maximum absolute atomic E-state index is 14.6. The van der Waals surface area contributed by atoms with Crippen LogP contribution in [-0.4, -0.2) is 74.3 Å². The van der Waals surface area contributed by atoms with Crippen molar-refractivity contribution in [2.45, 2.75) is 20.8 Å². The van der Waals surface area contributed by atoms with Crippen molar-refractivity contribution < 1.29 is 23.9 Å². The molecule has 0 N–H and O–H groups in total. The Kier molecular flexibility index (Phi) is 10.7. The van der Waals surface area contributed by atoms with E-state index in [1.165, 1.54) is 6.20 Å². The van der Waals surface area contributed by atoms with Gasteiger partial charge in [0.2, 0.25) is 0 Å². The van der Waals surface area contributed by atoms with Gasteiger partial charge in [-0.15, -0.1) is 0 Å². The lowest BCUT2D eigenvalue weighted by atomic mass is 9.94. The minimum absolute atomic E-state index is 0.0311. The van der Waals surface area contributed by atoms with Crippen LogP contribution >= 0.6 is 0 Å². The van der Waals surface area contributed by atoms with Crippen LogP contribution in [0.2, 0.25) is 0 Å². The second-order valence-corrected chi connectivity index (χ2v) is 14.3. The Morgan fingerprint density at radius 3 is 2.12 bits per heavy atom. The number of ketones is 1. The van der Waals surface area contributed by atoms with Gasteiger partial charge in [-0.1, -0.05) is 71.6 Å². The van der Waals surface area contributed by atoms with Gasteiger partial charge in [0.25, 0.3) is 17.7 Å². The highest BCUT2D eigenvalue weighted by Gasteiger charge is 2.30. The van der Waals surface area contributed by atoms with Crippen LogP contribution in [-0.2, 0) is 4.74 Å². The van der Waals surface area contributed by atoms with Crippen molar-refractivity contribution in [1.29, 1.82) is 0 Å². The summed E-state index contributed by atoms with van der Waals surface area (Å²) < 4.78 is 7.02.